The van der Waals surface area contributed by atoms with Crippen molar-refractivity contribution in [1.82, 2.24) is 9.97 Å². The topological polar surface area (TPSA) is 104 Å². The number of H-pyrrole nitrogens is 1. The van der Waals surface area contributed by atoms with Crippen molar-refractivity contribution in [2.24, 2.45) is 0 Å². The Kier molecular flexibility index (Phi) is 9.41. The van der Waals surface area contributed by atoms with Crippen LogP contribution < -0.4 is 16.0 Å². The quantitative estimate of drug-likeness (QED) is 0.207. The average Bonchev–Trinajstić information content (AvgIpc) is 3.61. The number of nitrogens with two attached hydrogens (primary N) is 1. The number of nitrogens with one attached hydrogen (secondary N) is 2. The van der Waals surface area contributed by atoms with Gasteiger partial charge in [0, 0.05) is 16.6 Å². The predicted octanol–water partition coefficient (Wildman–Crippen LogP) is 7.21. The minimum atomic E-state index is -0.292. The minimum absolute atomic E-state index is 0.0388. The lowest BCUT2D eigenvalue weighted by atomic mass is 10.2. The first-order chi connectivity index (χ1) is 17.8. The molecule has 7 nitrogen and oxygen atoms in total. The monoisotopic (exact) mass is 607 g/mol. The standard InChI is InChI=1S/C17H13Cl2NOS.C7H6N4OS3/c18-13-7-8-14(19)15(10-13)20-16(21)11-22-17(20)9-6-12-4-2-1-3-5-12;8-4-3(15-7(13)10-4)5(12)11-6-9-1-2-14-6/h1-10,17H,11H2;1-2H,8H2,(H,10,13)(H,9,11,12)/b9-6+;. The molecule has 1 aliphatic heterocycles. The lowest BCUT2D eigenvalue weighted by Gasteiger charge is -2.22. The number of nitrogens with zero attached hydrogens (tertiary/aromatic N) is 2. The number of thioether (sulfide) groups is 1. The number of benzene rings is 2. The number of carbonyl (C=O) groups excluding carboxylic acids is 2. The molecule has 0 bridgehead atoms. The van der Waals surface area contributed by atoms with Gasteiger partial charge >= 0.3 is 0 Å². The Labute approximate surface area is 240 Å². The number of nitrogen functional groups attached to an aromatic ring is 1. The maximum atomic E-state index is 12.2. The molecule has 190 valence electrons. The van der Waals surface area contributed by atoms with E-state index in [-0.39, 0.29) is 17.2 Å². The Bertz CT molecular complexity index is 1470. The normalized spacial score (nSPS) is 15.0. The van der Waals surface area contributed by atoms with Crippen LogP contribution in [0.25, 0.3) is 6.08 Å². The van der Waals surface area contributed by atoms with E-state index in [4.69, 9.17) is 41.2 Å². The zero-order valence-electron chi connectivity index (χ0n) is 18.9. The molecule has 4 aromatic rings. The number of hydrogen-bond donors (Lipinski definition) is 3. The fourth-order valence-corrected chi connectivity index (χ4v) is 6.16. The van der Waals surface area contributed by atoms with Crippen LogP contribution in [0.4, 0.5) is 16.6 Å². The molecule has 3 heterocycles. The molecule has 1 aliphatic rings. The van der Waals surface area contributed by atoms with Crippen LogP contribution in [0, 0.1) is 3.95 Å². The smallest absolute Gasteiger partial charge is 0.271 e. The van der Waals surface area contributed by atoms with Gasteiger partial charge in [0.2, 0.25) is 5.91 Å². The summed E-state index contributed by atoms with van der Waals surface area (Å²) in [5.74, 6) is 0.475. The lowest BCUT2D eigenvalue weighted by Crippen LogP contribution is -2.31. The van der Waals surface area contributed by atoms with Gasteiger partial charge in [-0.3, -0.25) is 19.8 Å². The maximum Gasteiger partial charge on any atom is 0.271 e. The van der Waals surface area contributed by atoms with Gasteiger partial charge < -0.3 is 10.7 Å². The van der Waals surface area contributed by atoms with Crippen LogP contribution in [-0.4, -0.2) is 32.9 Å². The van der Waals surface area contributed by atoms with E-state index in [0.29, 0.717) is 41.3 Å². The van der Waals surface area contributed by atoms with Crippen molar-refractivity contribution in [3.8, 4) is 0 Å². The summed E-state index contributed by atoms with van der Waals surface area (Å²) in [4.78, 5) is 32.6. The highest BCUT2D eigenvalue weighted by molar-refractivity contribution is 8.01. The molecular formula is C24H19Cl2N5O2S4. The lowest BCUT2D eigenvalue weighted by molar-refractivity contribution is -0.115. The van der Waals surface area contributed by atoms with Gasteiger partial charge in [-0.2, -0.15) is 0 Å². The Balaban J connectivity index is 0.000000186. The summed E-state index contributed by atoms with van der Waals surface area (Å²) in [5.41, 5.74) is 7.34. The highest BCUT2D eigenvalue weighted by atomic mass is 35.5. The summed E-state index contributed by atoms with van der Waals surface area (Å²) in [6, 6.07) is 15.2. The summed E-state index contributed by atoms with van der Waals surface area (Å²) in [7, 11) is 0. The summed E-state index contributed by atoms with van der Waals surface area (Å²) < 4.78 is 0.483. The Morgan fingerprint density at radius 3 is 2.70 bits per heavy atom. The largest absolute Gasteiger partial charge is 0.384 e. The van der Waals surface area contributed by atoms with Gasteiger partial charge in [0.25, 0.3) is 5.91 Å². The molecule has 2 aromatic carbocycles. The number of aromatic amines is 1. The molecule has 0 spiro atoms. The fraction of sp³-hybridized carbons (Fsp3) is 0.0833. The number of halogens is 2. The van der Waals surface area contributed by atoms with E-state index in [9.17, 15) is 9.59 Å². The van der Waals surface area contributed by atoms with E-state index in [1.165, 1.54) is 11.3 Å². The molecule has 1 saturated heterocycles. The van der Waals surface area contributed by atoms with Crippen LogP contribution in [0.2, 0.25) is 10.0 Å². The van der Waals surface area contributed by atoms with Crippen molar-refractivity contribution in [3.63, 3.8) is 0 Å². The fourth-order valence-electron chi connectivity index (χ4n) is 3.23. The van der Waals surface area contributed by atoms with Crippen molar-refractivity contribution < 1.29 is 9.59 Å². The van der Waals surface area contributed by atoms with Crippen LogP contribution in [0.5, 0.6) is 0 Å². The third kappa shape index (κ3) is 7.22. The molecule has 0 saturated carbocycles. The third-order valence-electron chi connectivity index (χ3n) is 4.86. The Hall–Kier alpha value is -2.67. The molecule has 5 rings (SSSR count). The molecule has 1 fully saturated rings. The highest BCUT2D eigenvalue weighted by Gasteiger charge is 2.32. The first kappa shape index (κ1) is 27.4. The molecule has 37 heavy (non-hydrogen) atoms. The molecule has 2 aromatic heterocycles. The minimum Gasteiger partial charge on any atom is -0.384 e. The van der Waals surface area contributed by atoms with E-state index in [1.807, 2.05) is 42.5 Å². The van der Waals surface area contributed by atoms with Gasteiger partial charge in [-0.15, -0.1) is 23.1 Å². The number of aromatic nitrogens is 2. The summed E-state index contributed by atoms with van der Waals surface area (Å²) in [6.45, 7) is 0. The zero-order valence-corrected chi connectivity index (χ0v) is 23.7. The number of carbonyl (C=O) groups is 2. The number of thiazole rings is 2. The van der Waals surface area contributed by atoms with Crippen molar-refractivity contribution in [2.45, 2.75) is 5.37 Å². The first-order valence-electron chi connectivity index (χ1n) is 10.6. The van der Waals surface area contributed by atoms with Crippen LogP contribution in [0.1, 0.15) is 15.2 Å². The van der Waals surface area contributed by atoms with Gasteiger partial charge in [-0.1, -0.05) is 77.0 Å². The third-order valence-corrected chi connectivity index (χ3v) is 8.47. The average molecular weight is 609 g/mol. The second-order valence-electron chi connectivity index (χ2n) is 7.38. The van der Waals surface area contributed by atoms with E-state index in [1.54, 1.807) is 46.4 Å². The predicted molar refractivity (Wildman–Crippen MR) is 160 cm³/mol. The van der Waals surface area contributed by atoms with Crippen molar-refractivity contribution >= 4 is 104 Å². The van der Waals surface area contributed by atoms with Crippen molar-refractivity contribution in [1.29, 1.82) is 0 Å². The van der Waals surface area contributed by atoms with E-state index in [0.717, 1.165) is 16.9 Å². The molecular weight excluding hydrogens is 589 g/mol. The second kappa shape index (κ2) is 12.7. The van der Waals surface area contributed by atoms with E-state index in [2.05, 4.69) is 15.3 Å². The van der Waals surface area contributed by atoms with Gasteiger partial charge in [-0.05, 0) is 36.0 Å². The van der Waals surface area contributed by atoms with Crippen molar-refractivity contribution in [3.05, 3.63) is 90.6 Å². The number of anilines is 3. The van der Waals surface area contributed by atoms with Gasteiger partial charge in [-0.25, -0.2) is 4.98 Å². The summed E-state index contributed by atoms with van der Waals surface area (Å²) in [6.07, 6.45) is 5.65. The van der Waals surface area contributed by atoms with Crippen molar-refractivity contribution in [2.75, 3.05) is 21.7 Å². The molecule has 1 unspecified atom stereocenters. The summed E-state index contributed by atoms with van der Waals surface area (Å²) >= 11 is 21.2. The SMILES string of the molecule is Nc1[nH]c(=S)sc1C(=O)Nc1nccs1.O=C1CSC(/C=C/c2ccccc2)N1c1cc(Cl)ccc1Cl. The summed E-state index contributed by atoms with van der Waals surface area (Å²) in [5, 5.41) is 5.95. The van der Waals surface area contributed by atoms with Gasteiger partial charge in [0.05, 0.1) is 16.5 Å². The maximum absolute atomic E-state index is 12.2. The number of hydrogen-bond acceptors (Lipinski definition) is 8. The van der Waals surface area contributed by atoms with Crippen LogP contribution in [0.3, 0.4) is 0 Å². The van der Waals surface area contributed by atoms with Crippen LogP contribution in [-0.2, 0) is 4.79 Å². The molecule has 1 atom stereocenters. The molecule has 4 N–H and O–H groups in total. The van der Waals surface area contributed by atoms with Gasteiger partial charge in [0.1, 0.15) is 16.1 Å². The van der Waals surface area contributed by atoms with Crippen LogP contribution in [0.15, 0.2) is 66.2 Å². The molecule has 0 aliphatic carbocycles. The highest BCUT2D eigenvalue weighted by Crippen LogP contribution is 2.37. The van der Waals surface area contributed by atoms with Gasteiger partial charge in [0.15, 0.2) is 9.09 Å². The molecule has 0 radical (unpaired) electrons. The van der Waals surface area contributed by atoms with E-state index >= 15 is 0 Å². The van der Waals surface area contributed by atoms with Crippen LogP contribution >= 0.6 is 69.9 Å². The van der Waals surface area contributed by atoms with E-state index < -0.39 is 0 Å². The first-order valence-corrected chi connectivity index (χ1v) is 14.5. The Morgan fingerprint density at radius 2 is 2.03 bits per heavy atom. The zero-order chi connectivity index (χ0) is 26.4. The Morgan fingerprint density at radius 1 is 1.24 bits per heavy atom. The second-order valence-corrected chi connectivity index (χ2v) is 11.9. The molecule has 13 heteroatoms. The number of amides is 2. The number of rotatable bonds is 5. The molecule has 2 amide bonds.